The first kappa shape index (κ1) is 7.64. The molecule has 1 heterocycles. The molecule has 2 atom stereocenters. The molecule has 0 saturated carbocycles. The highest BCUT2D eigenvalue weighted by molar-refractivity contribution is 6.36. The molecule has 0 aromatic rings. The zero-order valence-electron chi connectivity index (χ0n) is 5.74. The average molecular weight is 169 g/mol. The molecule has 1 nitrogen and oxygen atoms in total. The lowest BCUT2D eigenvalue weighted by Gasteiger charge is -2.07. The van der Waals surface area contributed by atoms with Crippen LogP contribution in [0.25, 0.3) is 0 Å². The van der Waals surface area contributed by atoms with Gasteiger partial charge in [-0.2, -0.15) is 0 Å². The van der Waals surface area contributed by atoms with E-state index in [1.54, 1.807) is 6.92 Å². The number of ether oxygens (including phenoxy) is 1. The molecule has 54 valence electrons. The smallest absolute Gasteiger partial charge is 0.188 e. The van der Waals surface area contributed by atoms with Crippen molar-refractivity contribution in [3.63, 3.8) is 0 Å². The van der Waals surface area contributed by atoms with Gasteiger partial charge in [-0.1, -0.05) is 37.0 Å². The summed E-state index contributed by atoms with van der Waals surface area (Å²) in [6.45, 7) is 5.75. The zero-order chi connectivity index (χ0) is 7.28. The van der Waals surface area contributed by atoms with E-state index in [4.69, 9.17) is 27.9 Å². The molecule has 0 aromatic heterocycles. The fourth-order valence-corrected chi connectivity index (χ4v) is 1.42. The Hall–Kier alpha value is 0.540. The summed E-state index contributed by atoms with van der Waals surface area (Å²) in [5.74, 6) is 0.265. The molecule has 0 spiro atoms. The van der Waals surface area contributed by atoms with Crippen LogP contribution in [0.2, 0.25) is 0 Å². The van der Waals surface area contributed by atoms with Crippen LogP contribution in [0.15, 0.2) is 0 Å². The Morgan fingerprint density at radius 3 is 1.67 bits per heavy atom. The summed E-state index contributed by atoms with van der Waals surface area (Å²) >= 11 is 11.7. The van der Waals surface area contributed by atoms with Crippen molar-refractivity contribution in [1.82, 2.24) is 0 Å². The number of halogens is 2. The summed E-state index contributed by atoms with van der Waals surface area (Å²) in [6, 6.07) is 0. The maximum absolute atomic E-state index is 5.92. The second-order valence-electron chi connectivity index (χ2n) is 2.82. The van der Waals surface area contributed by atoms with E-state index in [9.17, 15) is 0 Å². The second kappa shape index (κ2) is 1.77. The fourth-order valence-electron chi connectivity index (χ4n) is 0.887. The van der Waals surface area contributed by atoms with E-state index in [2.05, 4.69) is 0 Å². The highest BCUT2D eigenvalue weighted by Gasteiger charge is 2.67. The van der Waals surface area contributed by atoms with E-state index in [0.717, 1.165) is 0 Å². The number of rotatable bonds is 1. The molecule has 1 aliphatic rings. The molecule has 0 bridgehead atoms. The van der Waals surface area contributed by atoms with Gasteiger partial charge in [0, 0.05) is 5.92 Å². The predicted molar refractivity (Wildman–Crippen MR) is 38.8 cm³/mol. The molecular formula is C6H10Cl2O. The minimum Gasteiger partial charge on any atom is -0.329 e. The molecule has 1 saturated heterocycles. The maximum atomic E-state index is 5.92. The van der Waals surface area contributed by atoms with Gasteiger partial charge >= 0.3 is 0 Å². The van der Waals surface area contributed by atoms with Crippen molar-refractivity contribution in [3.8, 4) is 0 Å². The minimum atomic E-state index is -0.636. The second-order valence-corrected chi connectivity index (χ2v) is 4.10. The van der Waals surface area contributed by atoms with E-state index >= 15 is 0 Å². The van der Waals surface area contributed by atoms with Crippen molar-refractivity contribution in [3.05, 3.63) is 0 Å². The highest BCUT2D eigenvalue weighted by Crippen LogP contribution is 2.58. The Labute approximate surface area is 65.3 Å². The van der Waals surface area contributed by atoms with Gasteiger partial charge in [-0.25, -0.2) is 0 Å². The van der Waals surface area contributed by atoms with Crippen molar-refractivity contribution >= 4 is 23.2 Å². The van der Waals surface area contributed by atoms with Gasteiger partial charge in [0.2, 0.25) is 0 Å². The van der Waals surface area contributed by atoms with Crippen molar-refractivity contribution in [2.45, 2.75) is 30.9 Å². The predicted octanol–water partition coefficient (Wildman–Crippen LogP) is 2.56. The molecule has 0 aromatic carbocycles. The van der Waals surface area contributed by atoms with Gasteiger partial charge in [-0.05, 0) is 6.92 Å². The lowest BCUT2D eigenvalue weighted by Crippen LogP contribution is -2.17. The Bertz CT molecular complexity index is 133. The van der Waals surface area contributed by atoms with Crippen LogP contribution < -0.4 is 0 Å². The topological polar surface area (TPSA) is 12.5 Å². The van der Waals surface area contributed by atoms with Crippen LogP contribution in [0, 0.1) is 5.92 Å². The van der Waals surface area contributed by atoms with Gasteiger partial charge in [0.15, 0.2) is 10.1 Å². The quantitative estimate of drug-likeness (QED) is 0.434. The first-order valence-corrected chi connectivity index (χ1v) is 3.74. The first-order valence-electron chi connectivity index (χ1n) is 2.98. The van der Waals surface area contributed by atoms with Crippen LogP contribution in [0.5, 0.6) is 0 Å². The van der Waals surface area contributed by atoms with E-state index in [1.165, 1.54) is 0 Å². The molecular weight excluding hydrogens is 159 g/mol. The zero-order valence-corrected chi connectivity index (χ0v) is 7.25. The van der Waals surface area contributed by atoms with E-state index in [1.807, 2.05) is 13.8 Å². The fraction of sp³-hybridized carbons (Fsp3) is 1.00. The normalized spacial score (nSPS) is 50.0. The van der Waals surface area contributed by atoms with Gasteiger partial charge in [0.1, 0.15) is 0 Å². The molecule has 0 N–H and O–H groups in total. The summed E-state index contributed by atoms with van der Waals surface area (Å²) in [5, 5.41) is -1.25. The largest absolute Gasteiger partial charge is 0.329 e. The summed E-state index contributed by atoms with van der Waals surface area (Å²) in [5.41, 5.74) is 0. The molecule has 3 heteroatoms. The van der Waals surface area contributed by atoms with Crippen LogP contribution in [0.3, 0.4) is 0 Å². The third-order valence-corrected chi connectivity index (χ3v) is 2.98. The van der Waals surface area contributed by atoms with E-state index < -0.39 is 10.1 Å². The third-order valence-electron chi connectivity index (χ3n) is 1.65. The Balaban J connectivity index is 2.63. The van der Waals surface area contributed by atoms with Crippen molar-refractivity contribution < 1.29 is 4.74 Å². The monoisotopic (exact) mass is 168 g/mol. The average Bonchev–Trinajstić information content (AvgIpc) is 2.08. The summed E-state index contributed by atoms with van der Waals surface area (Å²) in [4.78, 5) is 0. The van der Waals surface area contributed by atoms with Gasteiger partial charge in [-0.3, -0.25) is 0 Å². The van der Waals surface area contributed by atoms with Gasteiger partial charge in [-0.15, -0.1) is 0 Å². The third kappa shape index (κ3) is 0.957. The lowest BCUT2D eigenvalue weighted by atomic mass is 10.1. The molecule has 0 amide bonds. The SMILES string of the molecule is CC(C)[C@]1(Cl)O[C@@]1(C)Cl. The van der Waals surface area contributed by atoms with Crippen LogP contribution in [0.4, 0.5) is 0 Å². The van der Waals surface area contributed by atoms with Crippen molar-refractivity contribution in [1.29, 1.82) is 0 Å². The van der Waals surface area contributed by atoms with Crippen LogP contribution in [-0.2, 0) is 4.74 Å². The van der Waals surface area contributed by atoms with Crippen molar-refractivity contribution in [2.75, 3.05) is 0 Å². The number of hydrogen-bond donors (Lipinski definition) is 0. The van der Waals surface area contributed by atoms with Crippen LogP contribution >= 0.6 is 23.2 Å². The maximum Gasteiger partial charge on any atom is 0.188 e. The Morgan fingerprint density at radius 1 is 1.33 bits per heavy atom. The number of alkyl halides is 2. The molecule has 9 heavy (non-hydrogen) atoms. The van der Waals surface area contributed by atoms with Crippen LogP contribution in [0.1, 0.15) is 20.8 Å². The summed E-state index contributed by atoms with van der Waals surface area (Å²) in [6.07, 6.45) is 0. The summed E-state index contributed by atoms with van der Waals surface area (Å²) < 4.78 is 5.08. The molecule has 0 unspecified atom stereocenters. The highest BCUT2D eigenvalue weighted by atomic mass is 35.5. The number of hydrogen-bond acceptors (Lipinski definition) is 1. The van der Waals surface area contributed by atoms with E-state index in [0.29, 0.717) is 0 Å². The summed E-state index contributed by atoms with van der Waals surface area (Å²) in [7, 11) is 0. The first-order chi connectivity index (χ1) is 3.90. The standard InChI is InChI=1S/C6H10Cl2O/c1-4(2)6(8)5(3,7)9-6/h4H,1-3H3/t5-,6+/m1/s1. The van der Waals surface area contributed by atoms with Crippen molar-refractivity contribution in [2.24, 2.45) is 5.92 Å². The Kier molecular flexibility index (Phi) is 1.51. The van der Waals surface area contributed by atoms with Gasteiger partial charge in [0.05, 0.1) is 0 Å². The Morgan fingerprint density at radius 2 is 1.67 bits per heavy atom. The molecule has 0 radical (unpaired) electrons. The minimum absolute atomic E-state index is 0.265. The molecule has 1 rings (SSSR count). The molecule has 1 fully saturated rings. The van der Waals surface area contributed by atoms with Gasteiger partial charge < -0.3 is 4.74 Å². The van der Waals surface area contributed by atoms with Crippen LogP contribution in [-0.4, -0.2) is 10.1 Å². The lowest BCUT2D eigenvalue weighted by molar-refractivity contribution is 0.303. The molecule has 0 aliphatic carbocycles. The van der Waals surface area contributed by atoms with Gasteiger partial charge in [0.25, 0.3) is 0 Å². The number of epoxide rings is 1. The van der Waals surface area contributed by atoms with E-state index in [-0.39, 0.29) is 5.92 Å². The molecule has 1 aliphatic heterocycles.